The Morgan fingerprint density at radius 2 is 2.16 bits per heavy atom. The monoisotopic (exact) mass is 262 g/mol. The summed E-state index contributed by atoms with van der Waals surface area (Å²) in [5, 5.41) is 0. The van der Waals surface area contributed by atoms with E-state index in [-0.39, 0.29) is 5.60 Å². The highest BCUT2D eigenvalue weighted by molar-refractivity contribution is 5.29. The Kier molecular flexibility index (Phi) is 4.61. The van der Waals surface area contributed by atoms with Crippen molar-refractivity contribution in [2.24, 2.45) is 5.73 Å². The number of likely N-dealkylation sites (tertiary alicyclic amines) is 1. The SMILES string of the molecule is COC1(C)CCCN(C(CN)c2ccccc2C)C1. The van der Waals surface area contributed by atoms with E-state index in [1.807, 2.05) is 7.11 Å². The molecule has 1 aliphatic heterocycles. The van der Waals surface area contributed by atoms with Crippen LogP contribution in [0.5, 0.6) is 0 Å². The van der Waals surface area contributed by atoms with Crippen LogP contribution in [0.2, 0.25) is 0 Å². The number of nitrogens with two attached hydrogens (primary N) is 1. The van der Waals surface area contributed by atoms with Gasteiger partial charge in [-0.1, -0.05) is 24.3 Å². The Hall–Kier alpha value is -0.900. The van der Waals surface area contributed by atoms with Gasteiger partial charge >= 0.3 is 0 Å². The molecule has 1 aliphatic rings. The van der Waals surface area contributed by atoms with Crippen molar-refractivity contribution in [3.05, 3.63) is 35.4 Å². The molecule has 3 nitrogen and oxygen atoms in total. The summed E-state index contributed by atoms with van der Waals surface area (Å²) in [6.07, 6.45) is 2.30. The largest absolute Gasteiger partial charge is 0.377 e. The van der Waals surface area contributed by atoms with Gasteiger partial charge in [0.05, 0.1) is 5.60 Å². The van der Waals surface area contributed by atoms with Gasteiger partial charge in [-0.2, -0.15) is 0 Å². The van der Waals surface area contributed by atoms with Gasteiger partial charge in [0.25, 0.3) is 0 Å². The molecule has 106 valence electrons. The molecule has 0 radical (unpaired) electrons. The van der Waals surface area contributed by atoms with Gasteiger partial charge in [-0.15, -0.1) is 0 Å². The van der Waals surface area contributed by atoms with E-state index in [9.17, 15) is 0 Å². The second kappa shape index (κ2) is 6.04. The number of aryl methyl sites for hydroxylation is 1. The van der Waals surface area contributed by atoms with Crippen molar-refractivity contribution in [1.82, 2.24) is 4.90 Å². The zero-order chi connectivity index (χ0) is 13.9. The lowest BCUT2D eigenvalue weighted by Gasteiger charge is -2.43. The Morgan fingerprint density at radius 1 is 1.42 bits per heavy atom. The molecular weight excluding hydrogens is 236 g/mol. The Morgan fingerprint density at radius 3 is 2.79 bits per heavy atom. The fourth-order valence-corrected chi connectivity index (χ4v) is 3.11. The van der Waals surface area contributed by atoms with Crippen LogP contribution in [-0.2, 0) is 4.74 Å². The van der Waals surface area contributed by atoms with Gasteiger partial charge < -0.3 is 10.5 Å². The number of ether oxygens (including phenoxy) is 1. The smallest absolute Gasteiger partial charge is 0.0777 e. The van der Waals surface area contributed by atoms with E-state index in [4.69, 9.17) is 10.5 Å². The van der Waals surface area contributed by atoms with Gasteiger partial charge in [0.1, 0.15) is 0 Å². The Balaban J connectivity index is 2.20. The zero-order valence-corrected chi connectivity index (χ0v) is 12.4. The molecule has 2 atom stereocenters. The predicted molar refractivity (Wildman–Crippen MR) is 79.2 cm³/mol. The second-order valence-corrected chi connectivity index (χ2v) is 5.84. The van der Waals surface area contributed by atoms with Crippen molar-refractivity contribution in [3.63, 3.8) is 0 Å². The fourth-order valence-electron chi connectivity index (χ4n) is 3.11. The van der Waals surface area contributed by atoms with Crippen LogP contribution < -0.4 is 5.73 Å². The van der Waals surface area contributed by atoms with Gasteiger partial charge in [0.15, 0.2) is 0 Å². The van der Waals surface area contributed by atoms with Crippen molar-refractivity contribution in [2.75, 3.05) is 26.7 Å². The number of nitrogens with zero attached hydrogens (tertiary/aromatic N) is 1. The molecule has 2 unspecified atom stereocenters. The number of piperidine rings is 1. The predicted octanol–water partition coefficient (Wildman–Crippen LogP) is 2.50. The molecule has 1 saturated heterocycles. The first kappa shape index (κ1) is 14.5. The van der Waals surface area contributed by atoms with Crippen LogP contribution in [-0.4, -0.2) is 37.2 Å². The van der Waals surface area contributed by atoms with E-state index in [1.54, 1.807) is 0 Å². The van der Waals surface area contributed by atoms with E-state index in [0.717, 1.165) is 19.5 Å². The molecule has 1 heterocycles. The Bertz CT molecular complexity index is 421. The van der Waals surface area contributed by atoms with Crippen LogP contribution in [0.15, 0.2) is 24.3 Å². The summed E-state index contributed by atoms with van der Waals surface area (Å²) < 4.78 is 5.69. The lowest BCUT2D eigenvalue weighted by atomic mass is 9.91. The molecule has 2 N–H and O–H groups in total. The summed E-state index contributed by atoms with van der Waals surface area (Å²) in [5.41, 5.74) is 8.69. The summed E-state index contributed by atoms with van der Waals surface area (Å²) in [7, 11) is 1.81. The third kappa shape index (κ3) is 3.16. The highest BCUT2D eigenvalue weighted by atomic mass is 16.5. The summed E-state index contributed by atoms with van der Waals surface area (Å²) in [4.78, 5) is 2.48. The first-order chi connectivity index (χ1) is 9.09. The van der Waals surface area contributed by atoms with E-state index in [0.29, 0.717) is 12.6 Å². The number of hydrogen-bond donors (Lipinski definition) is 1. The molecule has 0 amide bonds. The molecule has 0 spiro atoms. The van der Waals surface area contributed by atoms with Crippen molar-refractivity contribution in [1.29, 1.82) is 0 Å². The number of benzene rings is 1. The van der Waals surface area contributed by atoms with E-state index in [2.05, 4.69) is 43.0 Å². The van der Waals surface area contributed by atoms with Crippen LogP contribution in [0, 0.1) is 6.92 Å². The fraction of sp³-hybridized carbons (Fsp3) is 0.625. The number of rotatable bonds is 4. The summed E-state index contributed by atoms with van der Waals surface area (Å²) in [5.74, 6) is 0. The lowest BCUT2D eigenvalue weighted by molar-refractivity contribution is -0.0608. The van der Waals surface area contributed by atoms with Gasteiger partial charge in [0.2, 0.25) is 0 Å². The van der Waals surface area contributed by atoms with Crippen LogP contribution in [0.4, 0.5) is 0 Å². The number of hydrogen-bond acceptors (Lipinski definition) is 3. The third-order valence-electron chi connectivity index (χ3n) is 4.39. The van der Waals surface area contributed by atoms with Crippen molar-refractivity contribution in [2.45, 2.75) is 38.3 Å². The molecule has 1 aromatic carbocycles. The molecule has 0 saturated carbocycles. The van der Waals surface area contributed by atoms with Crippen LogP contribution in [0.1, 0.15) is 36.9 Å². The van der Waals surface area contributed by atoms with Gasteiger partial charge in [-0.3, -0.25) is 4.90 Å². The van der Waals surface area contributed by atoms with Gasteiger partial charge in [-0.05, 0) is 44.4 Å². The molecule has 1 aromatic rings. The van der Waals surface area contributed by atoms with Crippen LogP contribution in [0.25, 0.3) is 0 Å². The molecule has 1 fully saturated rings. The first-order valence-electron chi connectivity index (χ1n) is 7.14. The molecule has 2 rings (SSSR count). The minimum atomic E-state index is -0.0334. The third-order valence-corrected chi connectivity index (χ3v) is 4.39. The van der Waals surface area contributed by atoms with Crippen LogP contribution >= 0.6 is 0 Å². The van der Waals surface area contributed by atoms with E-state index >= 15 is 0 Å². The normalized spacial score (nSPS) is 26.3. The van der Waals surface area contributed by atoms with Gasteiger partial charge in [-0.25, -0.2) is 0 Å². The quantitative estimate of drug-likeness (QED) is 0.906. The maximum absolute atomic E-state index is 6.05. The van der Waals surface area contributed by atoms with Gasteiger partial charge in [0, 0.05) is 26.2 Å². The number of methoxy groups -OCH3 is 1. The minimum Gasteiger partial charge on any atom is -0.377 e. The van der Waals surface area contributed by atoms with E-state index < -0.39 is 0 Å². The molecule has 0 aromatic heterocycles. The maximum Gasteiger partial charge on any atom is 0.0777 e. The Labute approximate surface area is 116 Å². The average Bonchev–Trinajstić information content (AvgIpc) is 2.42. The molecule has 19 heavy (non-hydrogen) atoms. The summed E-state index contributed by atoms with van der Waals surface area (Å²) in [6.45, 7) is 7.08. The van der Waals surface area contributed by atoms with Crippen molar-refractivity contribution in [3.8, 4) is 0 Å². The lowest BCUT2D eigenvalue weighted by Crippen LogP contribution is -2.50. The maximum atomic E-state index is 6.05. The summed E-state index contributed by atoms with van der Waals surface area (Å²) >= 11 is 0. The topological polar surface area (TPSA) is 38.5 Å². The van der Waals surface area contributed by atoms with Crippen LogP contribution in [0.3, 0.4) is 0 Å². The zero-order valence-electron chi connectivity index (χ0n) is 12.4. The van der Waals surface area contributed by atoms with E-state index in [1.165, 1.54) is 17.5 Å². The average molecular weight is 262 g/mol. The minimum absolute atomic E-state index is 0.0334. The van der Waals surface area contributed by atoms with Crippen molar-refractivity contribution >= 4 is 0 Å². The highest BCUT2D eigenvalue weighted by Gasteiger charge is 2.34. The summed E-state index contributed by atoms with van der Waals surface area (Å²) in [6, 6.07) is 8.85. The molecule has 0 bridgehead atoms. The molecule has 0 aliphatic carbocycles. The first-order valence-corrected chi connectivity index (χ1v) is 7.14. The molecule has 3 heteroatoms. The molecular formula is C16H26N2O. The highest BCUT2D eigenvalue weighted by Crippen LogP contribution is 2.31. The standard InChI is InChI=1S/C16H26N2O/c1-13-7-4-5-8-14(13)15(11-17)18-10-6-9-16(2,12-18)19-3/h4-5,7-8,15H,6,9-12,17H2,1-3H3. The second-order valence-electron chi connectivity index (χ2n) is 5.84. The van der Waals surface area contributed by atoms with Crippen molar-refractivity contribution < 1.29 is 4.74 Å².